The van der Waals surface area contributed by atoms with Crippen LogP contribution < -0.4 is 15.2 Å². The first-order chi connectivity index (χ1) is 14.3. The molecule has 0 aliphatic rings. The normalized spacial score (nSPS) is 11.6. The van der Waals surface area contributed by atoms with E-state index in [-0.39, 0.29) is 28.3 Å². The molecule has 0 atom stereocenters. The smallest absolute Gasteiger partial charge is 0.434 e. The zero-order valence-electron chi connectivity index (χ0n) is 15.4. The molecule has 11 heteroatoms. The summed E-state index contributed by atoms with van der Waals surface area (Å²) in [7, 11) is 1.46. The van der Waals surface area contributed by atoms with Gasteiger partial charge in [0.2, 0.25) is 0 Å². The van der Waals surface area contributed by atoms with Crippen molar-refractivity contribution in [3.8, 4) is 28.6 Å². The Bertz CT molecular complexity index is 1230. The van der Waals surface area contributed by atoms with Gasteiger partial charge in [-0.1, -0.05) is 6.07 Å². The minimum absolute atomic E-state index is 0.0265. The summed E-state index contributed by atoms with van der Waals surface area (Å²) in [6.45, 7) is 0. The quantitative estimate of drug-likeness (QED) is 0.524. The van der Waals surface area contributed by atoms with Crippen molar-refractivity contribution in [3.05, 3.63) is 54.4 Å². The maximum absolute atomic E-state index is 14.0. The van der Waals surface area contributed by atoms with Crippen molar-refractivity contribution in [2.45, 2.75) is 6.18 Å². The predicted octanol–water partition coefficient (Wildman–Crippen LogP) is 3.90. The molecular formula is C19H14F3N5O3. The number of amides is 1. The predicted molar refractivity (Wildman–Crippen MR) is 100 cm³/mol. The third-order valence-electron chi connectivity index (χ3n) is 4.30. The van der Waals surface area contributed by atoms with Gasteiger partial charge in [0.15, 0.2) is 11.4 Å². The lowest BCUT2D eigenvalue weighted by Gasteiger charge is -2.12. The number of carbonyl (C=O) groups excluding carboxylic acids is 1. The number of carbonyl (C=O) groups is 1. The second-order valence-electron chi connectivity index (χ2n) is 6.17. The van der Waals surface area contributed by atoms with Gasteiger partial charge in [-0.15, -0.1) is 0 Å². The van der Waals surface area contributed by atoms with Gasteiger partial charge in [-0.2, -0.15) is 18.3 Å². The van der Waals surface area contributed by atoms with Crippen LogP contribution in [-0.2, 0) is 6.18 Å². The minimum atomic E-state index is -4.72. The third-order valence-corrected chi connectivity index (χ3v) is 4.30. The molecule has 8 nitrogen and oxygen atoms in total. The highest BCUT2D eigenvalue weighted by molar-refractivity contribution is 5.87. The Morgan fingerprint density at radius 2 is 1.90 bits per heavy atom. The molecule has 1 amide bonds. The third kappa shape index (κ3) is 3.41. The van der Waals surface area contributed by atoms with Crippen LogP contribution >= 0.6 is 0 Å². The van der Waals surface area contributed by atoms with Gasteiger partial charge in [0.1, 0.15) is 17.1 Å². The highest BCUT2D eigenvalue weighted by Gasteiger charge is 2.40. The van der Waals surface area contributed by atoms with E-state index in [2.05, 4.69) is 15.1 Å². The molecule has 0 bridgehead atoms. The summed E-state index contributed by atoms with van der Waals surface area (Å²) in [5.41, 5.74) is 4.49. The van der Waals surface area contributed by atoms with Gasteiger partial charge in [-0.3, -0.25) is 0 Å². The van der Waals surface area contributed by atoms with Crippen molar-refractivity contribution in [2.24, 2.45) is 5.73 Å². The molecule has 0 unspecified atom stereocenters. The van der Waals surface area contributed by atoms with Crippen molar-refractivity contribution in [2.75, 3.05) is 7.11 Å². The first kappa shape index (κ1) is 19.3. The van der Waals surface area contributed by atoms with Crippen molar-refractivity contribution >= 4 is 17.1 Å². The number of nitrogens with one attached hydrogen (secondary N) is 1. The molecule has 154 valence electrons. The Morgan fingerprint density at radius 1 is 1.17 bits per heavy atom. The minimum Gasteiger partial charge on any atom is -0.497 e. The summed E-state index contributed by atoms with van der Waals surface area (Å²) < 4.78 is 52.5. The van der Waals surface area contributed by atoms with Gasteiger partial charge in [-0.05, 0) is 36.4 Å². The molecule has 2 aromatic heterocycles. The number of primary amides is 1. The first-order valence-electron chi connectivity index (χ1n) is 8.54. The summed E-state index contributed by atoms with van der Waals surface area (Å²) in [4.78, 5) is 18.1. The molecule has 0 radical (unpaired) electrons. The summed E-state index contributed by atoms with van der Waals surface area (Å²) >= 11 is 0. The maximum Gasteiger partial charge on any atom is 0.434 e. The SMILES string of the molecule is COc1ccc(-n2ncc(-c3nc4c(OC(N)=O)cccc4[nH]3)c2C(F)(F)F)cc1. The summed E-state index contributed by atoms with van der Waals surface area (Å²) in [5, 5.41) is 3.92. The lowest BCUT2D eigenvalue weighted by atomic mass is 10.2. The van der Waals surface area contributed by atoms with E-state index in [4.69, 9.17) is 15.2 Å². The number of nitrogens with two attached hydrogens (primary N) is 1. The Balaban J connectivity index is 1.87. The Morgan fingerprint density at radius 3 is 2.53 bits per heavy atom. The number of aromatic nitrogens is 4. The molecule has 2 heterocycles. The molecular weight excluding hydrogens is 403 g/mol. The van der Waals surface area contributed by atoms with Crippen molar-refractivity contribution in [3.63, 3.8) is 0 Å². The molecule has 0 fully saturated rings. The summed E-state index contributed by atoms with van der Waals surface area (Å²) in [6, 6.07) is 10.6. The topological polar surface area (TPSA) is 108 Å². The van der Waals surface area contributed by atoms with Gasteiger partial charge in [-0.25, -0.2) is 14.5 Å². The molecule has 0 spiro atoms. The first-order valence-corrected chi connectivity index (χ1v) is 8.54. The Kier molecular flexibility index (Phi) is 4.57. The van der Waals surface area contributed by atoms with E-state index in [1.54, 1.807) is 12.1 Å². The molecule has 0 aliphatic carbocycles. The molecule has 0 saturated carbocycles. The zero-order valence-corrected chi connectivity index (χ0v) is 15.4. The van der Waals surface area contributed by atoms with Crippen molar-refractivity contribution < 1.29 is 27.4 Å². The number of hydrogen-bond donors (Lipinski definition) is 2. The number of ether oxygens (including phenoxy) is 2. The maximum atomic E-state index is 14.0. The molecule has 3 N–H and O–H groups in total. The van der Waals surface area contributed by atoms with Crippen LogP contribution in [0.25, 0.3) is 28.1 Å². The number of para-hydroxylation sites is 1. The molecule has 4 aromatic rings. The fourth-order valence-corrected chi connectivity index (χ4v) is 3.04. The lowest BCUT2D eigenvalue weighted by molar-refractivity contribution is -0.142. The van der Waals surface area contributed by atoms with Crippen LogP contribution in [-0.4, -0.2) is 33.0 Å². The lowest BCUT2D eigenvalue weighted by Crippen LogP contribution is -2.16. The van der Waals surface area contributed by atoms with Crippen LogP contribution in [0.1, 0.15) is 5.69 Å². The largest absolute Gasteiger partial charge is 0.497 e. The molecule has 2 aromatic carbocycles. The molecule has 30 heavy (non-hydrogen) atoms. The number of benzene rings is 2. The number of hydrogen-bond acceptors (Lipinski definition) is 5. The highest BCUT2D eigenvalue weighted by Crippen LogP contribution is 2.38. The number of alkyl halides is 3. The van der Waals surface area contributed by atoms with E-state index in [1.807, 2.05) is 0 Å². The van der Waals surface area contributed by atoms with Crippen LogP contribution in [0.4, 0.5) is 18.0 Å². The monoisotopic (exact) mass is 417 g/mol. The molecule has 4 rings (SSSR count). The number of aromatic amines is 1. The van der Waals surface area contributed by atoms with E-state index in [9.17, 15) is 18.0 Å². The molecule has 0 saturated heterocycles. The van der Waals surface area contributed by atoms with E-state index < -0.39 is 18.0 Å². The average Bonchev–Trinajstić information content (AvgIpc) is 3.32. The zero-order chi connectivity index (χ0) is 21.5. The number of rotatable bonds is 4. The van der Waals surface area contributed by atoms with E-state index >= 15 is 0 Å². The van der Waals surface area contributed by atoms with Gasteiger partial charge in [0.25, 0.3) is 0 Å². The molecule has 0 aliphatic heterocycles. The fourth-order valence-electron chi connectivity index (χ4n) is 3.04. The van der Waals surface area contributed by atoms with Crippen LogP contribution in [0.3, 0.4) is 0 Å². The van der Waals surface area contributed by atoms with E-state index in [0.717, 1.165) is 10.9 Å². The van der Waals surface area contributed by atoms with Crippen LogP contribution in [0, 0.1) is 0 Å². The fraction of sp³-hybridized carbons (Fsp3) is 0.105. The highest BCUT2D eigenvalue weighted by atomic mass is 19.4. The van der Waals surface area contributed by atoms with Crippen LogP contribution in [0.15, 0.2) is 48.7 Å². The van der Waals surface area contributed by atoms with Crippen molar-refractivity contribution in [1.82, 2.24) is 19.7 Å². The number of methoxy groups -OCH3 is 1. The van der Waals surface area contributed by atoms with E-state index in [0.29, 0.717) is 11.3 Å². The number of H-pyrrole nitrogens is 1. The van der Waals surface area contributed by atoms with Gasteiger partial charge in [0, 0.05) is 0 Å². The number of imidazole rings is 1. The Hall–Kier alpha value is -4.02. The summed E-state index contributed by atoms with van der Waals surface area (Å²) in [6.07, 6.45) is -4.72. The van der Waals surface area contributed by atoms with Crippen molar-refractivity contribution in [1.29, 1.82) is 0 Å². The average molecular weight is 417 g/mol. The number of nitrogens with zero attached hydrogens (tertiary/aromatic N) is 3. The van der Waals surface area contributed by atoms with Crippen LogP contribution in [0.2, 0.25) is 0 Å². The van der Waals surface area contributed by atoms with Gasteiger partial charge < -0.3 is 20.2 Å². The second kappa shape index (κ2) is 7.10. The number of halogens is 3. The standard InChI is InChI=1S/C19H14F3N5O3/c1-29-11-7-5-10(6-8-11)27-16(19(20,21)22)12(9-24-27)17-25-13-3-2-4-14(15(13)26-17)30-18(23)28/h2-9H,1H3,(H2,23,28)(H,25,26). The number of fused-ring (bicyclic) bond motifs is 1. The van der Waals surface area contributed by atoms with Crippen LogP contribution in [0.5, 0.6) is 11.5 Å². The second-order valence-corrected chi connectivity index (χ2v) is 6.17. The van der Waals surface area contributed by atoms with Gasteiger partial charge >= 0.3 is 12.3 Å². The van der Waals surface area contributed by atoms with E-state index in [1.165, 1.54) is 37.4 Å². The summed E-state index contributed by atoms with van der Waals surface area (Å²) in [5.74, 6) is 0.440. The Labute approximate surface area is 167 Å². The van der Waals surface area contributed by atoms with Gasteiger partial charge in [0.05, 0.1) is 30.1 Å².